The minimum Gasteiger partial charge on any atom is -0.493 e. The van der Waals surface area contributed by atoms with Crippen LogP contribution < -0.4 is 9.47 Å². The fourth-order valence-corrected chi connectivity index (χ4v) is 3.63. The van der Waals surface area contributed by atoms with Gasteiger partial charge in [0, 0.05) is 31.1 Å². The number of methoxy groups -OCH3 is 1. The van der Waals surface area contributed by atoms with E-state index in [0.29, 0.717) is 24.1 Å². The van der Waals surface area contributed by atoms with Gasteiger partial charge in [-0.1, -0.05) is 36.8 Å². The van der Waals surface area contributed by atoms with E-state index in [1.54, 1.807) is 12.1 Å². The van der Waals surface area contributed by atoms with E-state index in [4.69, 9.17) is 9.47 Å². The number of hydrogen-bond acceptors (Lipinski definition) is 6. The number of nitro groups is 1. The van der Waals surface area contributed by atoms with E-state index in [1.165, 1.54) is 13.2 Å². The highest BCUT2D eigenvalue weighted by Crippen LogP contribution is 2.39. The van der Waals surface area contributed by atoms with Crippen LogP contribution in [-0.2, 0) is 11.4 Å². The number of rotatable bonds is 8. The van der Waals surface area contributed by atoms with Gasteiger partial charge < -0.3 is 9.47 Å². The number of aryl methyl sites for hydroxylation is 1. The lowest BCUT2D eigenvalue weighted by atomic mass is 9.99. The van der Waals surface area contributed by atoms with E-state index in [0.717, 1.165) is 30.6 Å². The van der Waals surface area contributed by atoms with Gasteiger partial charge in [0.05, 0.1) is 12.0 Å². The molecule has 0 amide bonds. The maximum absolute atomic E-state index is 12.4. The summed E-state index contributed by atoms with van der Waals surface area (Å²) in [5.74, 6) is 0.424. The zero-order valence-electron chi connectivity index (χ0n) is 18.2. The van der Waals surface area contributed by atoms with Crippen molar-refractivity contribution in [1.82, 2.24) is 4.90 Å². The van der Waals surface area contributed by atoms with E-state index in [2.05, 4.69) is 11.8 Å². The fourth-order valence-electron chi connectivity index (χ4n) is 3.63. The Morgan fingerprint density at radius 3 is 2.61 bits per heavy atom. The molecule has 7 nitrogen and oxygen atoms in total. The summed E-state index contributed by atoms with van der Waals surface area (Å²) < 4.78 is 11.2. The van der Waals surface area contributed by atoms with Crippen molar-refractivity contribution in [2.24, 2.45) is 0 Å². The third-order valence-electron chi connectivity index (χ3n) is 5.27. The molecule has 0 aromatic heterocycles. The molecule has 1 fully saturated rings. The van der Waals surface area contributed by atoms with E-state index in [1.807, 2.05) is 31.2 Å². The summed E-state index contributed by atoms with van der Waals surface area (Å²) in [5, 5.41) is 11.8. The van der Waals surface area contributed by atoms with Crippen LogP contribution in [0.1, 0.15) is 36.5 Å². The topological polar surface area (TPSA) is 81.9 Å². The fraction of sp³-hybridized carbons (Fsp3) is 0.375. The third-order valence-corrected chi connectivity index (χ3v) is 5.27. The molecule has 1 aliphatic rings. The van der Waals surface area contributed by atoms with Crippen molar-refractivity contribution in [1.29, 1.82) is 0 Å². The second-order valence-corrected chi connectivity index (χ2v) is 7.72. The van der Waals surface area contributed by atoms with Crippen molar-refractivity contribution >= 4 is 17.5 Å². The molecule has 0 unspecified atom stereocenters. The van der Waals surface area contributed by atoms with Crippen molar-refractivity contribution in [2.45, 2.75) is 33.3 Å². The van der Waals surface area contributed by atoms with Gasteiger partial charge in [-0.3, -0.25) is 19.8 Å². The molecule has 164 valence electrons. The molecule has 0 spiro atoms. The summed E-state index contributed by atoms with van der Waals surface area (Å²) >= 11 is 0. The van der Waals surface area contributed by atoms with Gasteiger partial charge in [-0.05, 0) is 43.2 Å². The number of likely N-dealkylation sites (tertiary alicyclic amines) is 1. The number of ketones is 1. The maximum Gasteiger partial charge on any atom is 0.315 e. The number of hydrogen-bond donors (Lipinski definition) is 0. The normalized spacial score (nSPS) is 15.8. The molecular weight excluding hydrogens is 396 g/mol. The lowest BCUT2D eigenvalue weighted by Gasteiger charge is -2.27. The summed E-state index contributed by atoms with van der Waals surface area (Å²) in [7, 11) is 1.45. The summed E-state index contributed by atoms with van der Waals surface area (Å²) in [5.41, 5.74) is 3.04. The number of nitrogens with zero attached hydrogens (tertiary/aromatic N) is 2. The zero-order chi connectivity index (χ0) is 22.4. The second kappa shape index (κ2) is 10.2. The van der Waals surface area contributed by atoms with Crippen LogP contribution in [0.25, 0.3) is 6.08 Å². The van der Waals surface area contributed by atoms with Gasteiger partial charge in [0.2, 0.25) is 5.75 Å². The van der Waals surface area contributed by atoms with Gasteiger partial charge in [0.25, 0.3) is 0 Å². The molecule has 1 heterocycles. The number of piperidine rings is 1. The predicted octanol–water partition coefficient (Wildman–Crippen LogP) is 4.56. The van der Waals surface area contributed by atoms with Crippen molar-refractivity contribution < 1.29 is 19.2 Å². The lowest BCUT2D eigenvalue weighted by Crippen LogP contribution is -2.36. The molecule has 2 aromatic carbocycles. The minimum absolute atomic E-state index is 0.0775. The van der Waals surface area contributed by atoms with Crippen LogP contribution >= 0.6 is 0 Å². The van der Waals surface area contributed by atoms with E-state index in [9.17, 15) is 14.9 Å². The number of carbonyl (C=O) groups is 1. The SMILES string of the molecule is CCCN1CCC(=O)/C(=C/c2cc(OC)c(OCc3ccc(C)cc3)c([N+](=O)[O-])c2)C1. The largest absolute Gasteiger partial charge is 0.493 e. The Morgan fingerprint density at radius 2 is 1.97 bits per heavy atom. The summed E-state index contributed by atoms with van der Waals surface area (Å²) in [6.45, 7) is 6.49. The van der Waals surface area contributed by atoms with E-state index in [-0.39, 0.29) is 29.6 Å². The Kier molecular flexibility index (Phi) is 7.41. The third kappa shape index (κ3) is 5.70. The molecule has 0 N–H and O–H groups in total. The highest BCUT2D eigenvalue weighted by Gasteiger charge is 2.24. The minimum atomic E-state index is -0.485. The van der Waals surface area contributed by atoms with Crippen LogP contribution in [0.3, 0.4) is 0 Å². The zero-order valence-corrected chi connectivity index (χ0v) is 18.2. The first kappa shape index (κ1) is 22.5. The first-order valence-corrected chi connectivity index (χ1v) is 10.4. The van der Waals surface area contributed by atoms with Crippen molar-refractivity contribution in [2.75, 3.05) is 26.7 Å². The van der Waals surface area contributed by atoms with Crippen LogP contribution in [-0.4, -0.2) is 42.4 Å². The standard InChI is InChI=1S/C24H28N2O5/c1-4-10-25-11-9-22(27)20(15-25)12-19-13-21(26(28)29)24(23(14-19)30-3)31-16-18-7-5-17(2)6-8-18/h5-8,12-14H,4,9-11,15-16H2,1-3H3/b20-12+. The maximum atomic E-state index is 12.4. The van der Waals surface area contributed by atoms with Gasteiger partial charge in [0.15, 0.2) is 11.5 Å². The predicted molar refractivity (Wildman–Crippen MR) is 119 cm³/mol. The molecule has 3 rings (SSSR count). The average molecular weight is 424 g/mol. The highest BCUT2D eigenvalue weighted by molar-refractivity contribution is 6.00. The Morgan fingerprint density at radius 1 is 1.23 bits per heavy atom. The molecule has 1 aliphatic heterocycles. The highest BCUT2D eigenvalue weighted by atomic mass is 16.6. The second-order valence-electron chi connectivity index (χ2n) is 7.72. The van der Waals surface area contributed by atoms with Gasteiger partial charge in [-0.25, -0.2) is 0 Å². The van der Waals surface area contributed by atoms with E-state index < -0.39 is 4.92 Å². The van der Waals surface area contributed by atoms with E-state index >= 15 is 0 Å². The monoisotopic (exact) mass is 424 g/mol. The Balaban J connectivity index is 1.91. The summed E-state index contributed by atoms with van der Waals surface area (Å²) in [6.07, 6.45) is 3.19. The van der Waals surface area contributed by atoms with Gasteiger partial charge >= 0.3 is 5.69 Å². The first-order valence-electron chi connectivity index (χ1n) is 10.4. The number of carbonyl (C=O) groups excluding carboxylic acids is 1. The molecular formula is C24H28N2O5. The molecule has 0 bridgehead atoms. The smallest absolute Gasteiger partial charge is 0.315 e. The Labute approximate surface area is 182 Å². The molecule has 0 atom stereocenters. The van der Waals surface area contributed by atoms with Crippen molar-refractivity contribution in [3.8, 4) is 11.5 Å². The molecule has 0 saturated carbocycles. The number of nitro benzene ring substituents is 1. The molecule has 0 radical (unpaired) electrons. The molecule has 0 aliphatic carbocycles. The quantitative estimate of drug-likeness (QED) is 0.351. The number of ether oxygens (including phenoxy) is 2. The Hall–Kier alpha value is -3.19. The first-order chi connectivity index (χ1) is 14.9. The Bertz CT molecular complexity index is 982. The molecule has 2 aromatic rings. The van der Waals surface area contributed by atoms with Crippen molar-refractivity contribution in [3.63, 3.8) is 0 Å². The molecule has 1 saturated heterocycles. The lowest BCUT2D eigenvalue weighted by molar-refractivity contribution is -0.386. The van der Waals surface area contributed by atoms with Gasteiger partial charge in [0.1, 0.15) is 6.61 Å². The summed E-state index contributed by atoms with van der Waals surface area (Å²) in [4.78, 5) is 25.9. The van der Waals surface area contributed by atoms with Crippen LogP contribution in [0, 0.1) is 17.0 Å². The van der Waals surface area contributed by atoms with Gasteiger partial charge in [-0.15, -0.1) is 0 Å². The van der Waals surface area contributed by atoms with Crippen LogP contribution in [0.4, 0.5) is 5.69 Å². The molecule has 31 heavy (non-hydrogen) atoms. The van der Waals surface area contributed by atoms with Gasteiger partial charge in [-0.2, -0.15) is 0 Å². The number of benzene rings is 2. The van der Waals surface area contributed by atoms with Crippen LogP contribution in [0.15, 0.2) is 42.0 Å². The average Bonchev–Trinajstić information content (AvgIpc) is 2.75. The van der Waals surface area contributed by atoms with Crippen LogP contribution in [0.5, 0.6) is 11.5 Å². The molecule has 7 heteroatoms. The van der Waals surface area contributed by atoms with Crippen LogP contribution in [0.2, 0.25) is 0 Å². The summed E-state index contributed by atoms with van der Waals surface area (Å²) in [6, 6.07) is 10.9. The number of Topliss-reactive ketones (excluding diaryl/α,β-unsaturated/α-hetero) is 1. The van der Waals surface area contributed by atoms with Crippen molar-refractivity contribution in [3.05, 3.63) is 68.8 Å².